The molecule has 0 spiro atoms. The molecule has 6 aromatic heterocycles. The summed E-state index contributed by atoms with van der Waals surface area (Å²) < 4.78 is 88.3. The molecule has 97 heavy (non-hydrogen) atoms. The monoisotopic (exact) mass is 1400 g/mol. The van der Waals surface area contributed by atoms with Gasteiger partial charge in [0.1, 0.15) is 70.3 Å². The quantitative estimate of drug-likeness (QED) is 0.0287. The van der Waals surface area contributed by atoms with Crippen molar-refractivity contribution in [2.75, 3.05) is 35.8 Å². The lowest BCUT2D eigenvalue weighted by atomic mass is 9.77. The Morgan fingerprint density at radius 1 is 0.464 bits per heavy atom. The normalized spacial score (nSPS) is 31.8. The highest BCUT2D eigenvalue weighted by molar-refractivity contribution is 7.47. The maximum atomic E-state index is 15.0. The number of aromatic nitrogens is 12. The third-order valence-corrected chi connectivity index (χ3v) is 23.0. The van der Waals surface area contributed by atoms with Gasteiger partial charge < -0.3 is 70.0 Å². The van der Waals surface area contributed by atoms with Gasteiger partial charge in [-0.1, -0.05) is 91.0 Å². The third kappa shape index (κ3) is 12.0. The standard InChI is InChI=1S/C61H76N15O18P3/c1-53(74-35-71-44-47(65-32-68-50(44)74)62-26-38-19-13-10-14-20-38)25-41(29-88-95(81,82)83)55(3,57(53,5)78)93-96(84,85)90-31-43-56(4,59(7,80)61(9,92-43)76-37-73-46-49(67-34-70-52(46)76)64-28-40-23-17-12-18-24-40)94-97(86,87)89-30-42-54(2,77)58(6,79)60(8,91-42)75-36-72-45-48(66-33-69-51(45)75)63-27-39-21-15-11-16-22-39/h10-24,32-37,41-43,77-80H,25-31H2,1-9H3,(H,84,85)(H,86,87)(H,62,65,68)(H,63,66,69)(H,64,67,70)(H2,81,82,83). The van der Waals surface area contributed by atoms with Crippen LogP contribution < -0.4 is 16.0 Å². The molecule has 2 aliphatic heterocycles. The molecule has 11 N–H and O–H groups in total. The molecular weight excluding hydrogens is 1320 g/mol. The summed E-state index contributed by atoms with van der Waals surface area (Å²) in [7, 11) is -16.6. The van der Waals surface area contributed by atoms with Crippen LogP contribution in [0.5, 0.6) is 0 Å². The van der Waals surface area contributed by atoms with E-state index in [-0.39, 0.29) is 45.7 Å². The van der Waals surface area contributed by atoms with E-state index in [0.717, 1.165) is 23.6 Å². The van der Waals surface area contributed by atoms with Crippen LogP contribution in [0.2, 0.25) is 0 Å². The van der Waals surface area contributed by atoms with Crippen molar-refractivity contribution in [3.8, 4) is 0 Å². The van der Waals surface area contributed by atoms with E-state index in [2.05, 4.69) is 60.8 Å². The Balaban J connectivity index is 0.843. The first-order valence-corrected chi connectivity index (χ1v) is 35.2. The van der Waals surface area contributed by atoms with Crippen molar-refractivity contribution in [1.29, 1.82) is 0 Å². The van der Waals surface area contributed by atoms with E-state index in [4.69, 9.17) is 32.1 Å². The number of nitrogens with zero attached hydrogens (tertiary/aromatic N) is 12. The largest absolute Gasteiger partial charge is 0.473 e. The summed E-state index contributed by atoms with van der Waals surface area (Å²) in [5.74, 6) is -0.406. The number of ether oxygens (including phenoxy) is 2. The number of nitrogens with one attached hydrogen (secondary N) is 3. The van der Waals surface area contributed by atoms with Gasteiger partial charge in [-0.15, -0.1) is 0 Å². The Hall–Kier alpha value is -7.20. The Morgan fingerprint density at radius 2 is 0.835 bits per heavy atom. The zero-order chi connectivity index (χ0) is 69.6. The van der Waals surface area contributed by atoms with Crippen molar-refractivity contribution in [3.63, 3.8) is 0 Å². The number of benzene rings is 3. The number of fused-ring (bicyclic) bond motifs is 3. The molecule has 1 saturated carbocycles. The number of hydrogen-bond donors (Lipinski definition) is 11. The van der Waals surface area contributed by atoms with Gasteiger partial charge in [0.15, 0.2) is 56.9 Å². The minimum atomic E-state index is -5.71. The molecule has 36 heteroatoms. The van der Waals surface area contributed by atoms with Crippen LogP contribution in [0.15, 0.2) is 129 Å². The van der Waals surface area contributed by atoms with Crippen molar-refractivity contribution in [1.82, 2.24) is 58.6 Å². The molecule has 3 fully saturated rings. The molecule has 33 nitrogen and oxygen atoms in total. The molecule has 2 saturated heterocycles. The van der Waals surface area contributed by atoms with Gasteiger partial charge in [-0.3, -0.25) is 31.8 Å². The van der Waals surface area contributed by atoms with Gasteiger partial charge in [0.2, 0.25) is 0 Å². The summed E-state index contributed by atoms with van der Waals surface area (Å²) in [5.41, 5.74) is -16.3. The molecule has 14 atom stereocenters. The second kappa shape index (κ2) is 24.9. The summed E-state index contributed by atoms with van der Waals surface area (Å²) in [4.78, 5) is 84.4. The van der Waals surface area contributed by atoms with E-state index in [1.54, 1.807) is 6.92 Å². The van der Waals surface area contributed by atoms with E-state index in [1.165, 1.54) is 100 Å². The summed E-state index contributed by atoms with van der Waals surface area (Å²) >= 11 is 0. The van der Waals surface area contributed by atoms with Gasteiger partial charge >= 0.3 is 23.5 Å². The summed E-state index contributed by atoms with van der Waals surface area (Å²) in [6.45, 7) is 9.82. The number of rotatable bonds is 25. The van der Waals surface area contributed by atoms with Gasteiger partial charge in [-0.25, -0.2) is 58.6 Å². The molecule has 9 aromatic rings. The second-order valence-corrected chi connectivity index (χ2v) is 30.0. The molecule has 3 aliphatic rings. The lowest BCUT2D eigenvalue weighted by Crippen LogP contribution is -2.61. The number of aliphatic hydroxyl groups is 4. The minimum absolute atomic E-state index is 0.0594. The van der Waals surface area contributed by atoms with Gasteiger partial charge in [0.25, 0.3) is 0 Å². The number of phosphoric ester groups is 3. The van der Waals surface area contributed by atoms with E-state index in [0.29, 0.717) is 31.3 Å². The predicted molar refractivity (Wildman–Crippen MR) is 347 cm³/mol. The molecule has 1 aliphatic carbocycles. The SMILES string of the molecule is CC1(O)C(COP(=O)(O)OC2(C)C(COP(=O)(O)OC3(C)C(COP(=O)(O)O)CC(C)(n4cnc5c(NCc6ccccc6)ncnc54)C3(C)O)OC(C)(n3cnc4c(NCc5ccccc5)ncnc43)C2(C)O)OC(C)(n2cnc3c(NCc4ccccc4)ncnc32)C1(C)O. The molecule has 0 bridgehead atoms. The van der Waals surface area contributed by atoms with Crippen LogP contribution in [0.1, 0.15) is 85.4 Å². The number of anilines is 3. The van der Waals surface area contributed by atoms with Crippen molar-refractivity contribution in [3.05, 3.63) is 146 Å². The zero-order valence-corrected chi connectivity index (χ0v) is 56.9. The van der Waals surface area contributed by atoms with Crippen LogP contribution in [0, 0.1) is 5.92 Å². The van der Waals surface area contributed by atoms with Crippen molar-refractivity contribution in [2.45, 2.75) is 151 Å². The topological polar surface area (TPSA) is 445 Å². The fraction of sp³-hybridized carbons (Fsp3) is 0.459. The van der Waals surface area contributed by atoms with Crippen LogP contribution in [0.4, 0.5) is 17.5 Å². The molecule has 0 radical (unpaired) electrons. The first-order chi connectivity index (χ1) is 45.5. The molecule has 8 heterocycles. The van der Waals surface area contributed by atoms with Gasteiger partial charge in [-0.05, 0) is 85.4 Å². The van der Waals surface area contributed by atoms with Crippen molar-refractivity contribution in [2.24, 2.45) is 5.92 Å². The van der Waals surface area contributed by atoms with Crippen LogP contribution in [0.3, 0.4) is 0 Å². The van der Waals surface area contributed by atoms with Gasteiger partial charge in [-0.2, -0.15) is 0 Å². The van der Waals surface area contributed by atoms with E-state index in [9.17, 15) is 53.7 Å². The van der Waals surface area contributed by atoms with E-state index >= 15 is 0 Å². The van der Waals surface area contributed by atoms with Crippen LogP contribution >= 0.6 is 23.5 Å². The smallest absolute Gasteiger partial charge is 0.385 e. The first-order valence-electron chi connectivity index (χ1n) is 30.7. The Morgan fingerprint density at radius 3 is 1.26 bits per heavy atom. The fourth-order valence-corrected chi connectivity index (χ4v) is 16.2. The maximum absolute atomic E-state index is 15.0. The van der Waals surface area contributed by atoms with Crippen molar-refractivity contribution < 1.29 is 85.8 Å². The highest BCUT2D eigenvalue weighted by Crippen LogP contribution is 2.65. The highest BCUT2D eigenvalue weighted by Gasteiger charge is 2.74. The molecule has 14 unspecified atom stereocenters. The fourth-order valence-electron chi connectivity index (χ4n) is 13.5. The van der Waals surface area contributed by atoms with Crippen LogP contribution in [0.25, 0.3) is 33.5 Å². The first kappa shape index (κ1) is 69.7. The molecular formula is C61H76N15O18P3. The molecule has 518 valence electrons. The molecule has 0 amide bonds. The number of phosphoric acid groups is 3. The Kier molecular flexibility index (Phi) is 17.9. The average Bonchev–Trinajstić information content (AvgIpc) is 1.57. The average molecular weight is 1400 g/mol. The summed E-state index contributed by atoms with van der Waals surface area (Å²) in [6.07, 6.45) is 3.92. The van der Waals surface area contributed by atoms with Crippen molar-refractivity contribution >= 4 is 74.4 Å². The second-order valence-electron chi connectivity index (χ2n) is 26.0. The van der Waals surface area contributed by atoms with E-state index in [1.807, 2.05) is 91.0 Å². The van der Waals surface area contributed by atoms with Crippen LogP contribution in [-0.2, 0) is 82.4 Å². The van der Waals surface area contributed by atoms with E-state index < -0.39 is 112 Å². The molecule has 3 aromatic carbocycles. The zero-order valence-electron chi connectivity index (χ0n) is 54.2. The maximum Gasteiger partial charge on any atom is 0.473 e. The lowest BCUT2D eigenvalue weighted by molar-refractivity contribution is -0.186. The number of imidazole rings is 3. The highest BCUT2D eigenvalue weighted by atomic mass is 31.2. The summed E-state index contributed by atoms with van der Waals surface area (Å²) in [6, 6.07) is 28.4. The van der Waals surface area contributed by atoms with Gasteiger partial charge in [0, 0.05) is 25.6 Å². The molecule has 12 rings (SSSR count). The Labute approximate surface area is 555 Å². The van der Waals surface area contributed by atoms with Crippen LogP contribution in [-0.4, -0.2) is 164 Å². The Bertz CT molecular complexity index is 4530. The predicted octanol–water partition coefficient (Wildman–Crippen LogP) is 6.12. The third-order valence-electron chi connectivity index (χ3n) is 20.4. The summed E-state index contributed by atoms with van der Waals surface area (Å²) in [5, 5.41) is 60.7. The lowest BCUT2D eigenvalue weighted by Gasteiger charge is -2.46. The van der Waals surface area contributed by atoms with Gasteiger partial charge in [0.05, 0.1) is 44.3 Å². The minimum Gasteiger partial charge on any atom is -0.385 e. The number of hydrogen-bond acceptors (Lipinski definition) is 26.